The fourth-order valence-electron chi connectivity index (χ4n) is 2.83. The van der Waals surface area contributed by atoms with Gasteiger partial charge in [0.1, 0.15) is 18.1 Å². The molecule has 0 saturated carbocycles. The molecule has 2 aromatic carbocycles. The molecule has 0 aliphatic rings. The number of benzene rings is 2. The third kappa shape index (κ3) is 6.06. The van der Waals surface area contributed by atoms with Crippen LogP contribution >= 0.6 is 11.3 Å². The van der Waals surface area contributed by atoms with Gasteiger partial charge < -0.3 is 15.4 Å². The molecule has 5 nitrogen and oxygen atoms in total. The normalized spacial score (nSPS) is 11.1. The van der Waals surface area contributed by atoms with Crippen molar-refractivity contribution in [2.75, 3.05) is 13.2 Å². The Morgan fingerprint density at radius 3 is 2.60 bits per heavy atom. The van der Waals surface area contributed by atoms with Gasteiger partial charge in [0, 0.05) is 10.4 Å². The number of ether oxygens (including phenoxy) is 1. The zero-order chi connectivity index (χ0) is 21.3. The lowest BCUT2D eigenvalue weighted by atomic mass is 10.1. The lowest BCUT2D eigenvalue weighted by Crippen LogP contribution is -2.36. The maximum atomic E-state index is 12.7. The highest BCUT2D eigenvalue weighted by molar-refractivity contribution is 7.10. The topological polar surface area (TPSA) is 67.4 Å². The van der Waals surface area contributed by atoms with E-state index in [9.17, 15) is 9.59 Å². The van der Waals surface area contributed by atoms with E-state index in [-0.39, 0.29) is 17.5 Å². The van der Waals surface area contributed by atoms with E-state index in [1.165, 1.54) is 11.3 Å². The second kappa shape index (κ2) is 10.4. The summed E-state index contributed by atoms with van der Waals surface area (Å²) in [6.45, 7) is 4.50. The fraction of sp³-hybridized carbons (Fsp3) is 0.167. The second-order valence-electron chi connectivity index (χ2n) is 6.76. The van der Waals surface area contributed by atoms with Gasteiger partial charge in [0.15, 0.2) is 0 Å². The van der Waals surface area contributed by atoms with Crippen LogP contribution in [-0.4, -0.2) is 25.0 Å². The summed E-state index contributed by atoms with van der Waals surface area (Å²) in [5, 5.41) is 7.48. The van der Waals surface area contributed by atoms with E-state index in [4.69, 9.17) is 4.74 Å². The van der Waals surface area contributed by atoms with Gasteiger partial charge in [0.2, 0.25) is 0 Å². The van der Waals surface area contributed by atoms with Gasteiger partial charge in [-0.3, -0.25) is 9.59 Å². The number of hydrogen-bond acceptors (Lipinski definition) is 4. The van der Waals surface area contributed by atoms with Crippen LogP contribution in [0.25, 0.3) is 6.08 Å². The van der Waals surface area contributed by atoms with Gasteiger partial charge in [-0.05, 0) is 60.7 Å². The first-order valence-corrected chi connectivity index (χ1v) is 10.5. The highest BCUT2D eigenvalue weighted by atomic mass is 32.1. The Kier molecular flexibility index (Phi) is 7.40. The minimum Gasteiger partial charge on any atom is -0.492 e. The maximum Gasteiger partial charge on any atom is 0.267 e. The summed E-state index contributed by atoms with van der Waals surface area (Å²) < 4.78 is 5.67. The number of amides is 2. The monoisotopic (exact) mass is 420 g/mol. The third-order valence-electron chi connectivity index (χ3n) is 4.36. The van der Waals surface area contributed by atoms with Crippen LogP contribution in [0, 0.1) is 13.8 Å². The number of thiophene rings is 1. The number of rotatable bonds is 8. The van der Waals surface area contributed by atoms with Crippen LogP contribution in [0.3, 0.4) is 0 Å². The molecule has 0 aliphatic heterocycles. The van der Waals surface area contributed by atoms with Crippen molar-refractivity contribution in [3.63, 3.8) is 0 Å². The van der Waals surface area contributed by atoms with Crippen molar-refractivity contribution in [1.82, 2.24) is 10.6 Å². The molecule has 0 fully saturated rings. The number of carbonyl (C=O) groups excluding carboxylic acids is 2. The minimum absolute atomic E-state index is 0.196. The summed E-state index contributed by atoms with van der Waals surface area (Å²) in [5.74, 6) is 0.0756. The Morgan fingerprint density at radius 1 is 1.03 bits per heavy atom. The minimum atomic E-state index is -0.363. The van der Waals surface area contributed by atoms with Crippen LogP contribution in [0.4, 0.5) is 0 Å². The van der Waals surface area contributed by atoms with Crippen LogP contribution in [-0.2, 0) is 4.79 Å². The Labute approximate surface area is 180 Å². The Balaban J connectivity index is 1.64. The molecule has 0 atom stereocenters. The summed E-state index contributed by atoms with van der Waals surface area (Å²) >= 11 is 1.49. The van der Waals surface area contributed by atoms with Crippen LogP contribution in [0.1, 0.15) is 26.4 Å². The predicted octanol–water partition coefficient (Wildman–Crippen LogP) is 4.33. The standard InChI is InChI=1S/C24H24N2O3S/c1-17-7-5-9-19(15-17)29-13-12-25-24(28)22(16-20-10-6-14-30-20)26-23(27)21-11-4-3-8-18(21)2/h3-11,14-16H,12-13H2,1-2H3,(H,25,28)(H,26,27)/b22-16-. The highest BCUT2D eigenvalue weighted by Crippen LogP contribution is 2.14. The molecule has 0 aliphatic carbocycles. The zero-order valence-electron chi connectivity index (χ0n) is 17.0. The van der Waals surface area contributed by atoms with Crippen molar-refractivity contribution in [2.45, 2.75) is 13.8 Å². The third-order valence-corrected chi connectivity index (χ3v) is 5.18. The van der Waals surface area contributed by atoms with E-state index in [2.05, 4.69) is 10.6 Å². The molecule has 2 amide bonds. The average Bonchev–Trinajstić information content (AvgIpc) is 3.24. The molecule has 1 heterocycles. The summed E-state index contributed by atoms with van der Waals surface area (Å²) in [5.41, 5.74) is 2.68. The van der Waals surface area contributed by atoms with Gasteiger partial charge in [-0.15, -0.1) is 11.3 Å². The summed E-state index contributed by atoms with van der Waals surface area (Å²) in [6.07, 6.45) is 1.68. The molecule has 3 rings (SSSR count). The maximum absolute atomic E-state index is 12.7. The lowest BCUT2D eigenvalue weighted by molar-refractivity contribution is -0.117. The Bertz CT molecular complexity index is 1040. The zero-order valence-corrected chi connectivity index (χ0v) is 17.8. The fourth-order valence-corrected chi connectivity index (χ4v) is 3.48. The molecule has 0 saturated heterocycles. The van der Waals surface area contributed by atoms with Crippen LogP contribution < -0.4 is 15.4 Å². The molecule has 0 spiro atoms. The van der Waals surface area contributed by atoms with Crippen LogP contribution in [0.2, 0.25) is 0 Å². The largest absolute Gasteiger partial charge is 0.492 e. The van der Waals surface area contributed by atoms with Crippen molar-refractivity contribution in [3.8, 4) is 5.75 Å². The van der Waals surface area contributed by atoms with Crippen molar-refractivity contribution in [2.24, 2.45) is 0 Å². The van der Waals surface area contributed by atoms with Crippen molar-refractivity contribution in [1.29, 1.82) is 0 Å². The highest BCUT2D eigenvalue weighted by Gasteiger charge is 2.16. The first kappa shape index (κ1) is 21.3. The molecule has 3 aromatic rings. The van der Waals surface area contributed by atoms with E-state index < -0.39 is 0 Å². The van der Waals surface area contributed by atoms with Gasteiger partial charge in [-0.1, -0.05) is 36.4 Å². The number of nitrogens with one attached hydrogen (secondary N) is 2. The molecule has 154 valence electrons. The van der Waals surface area contributed by atoms with E-state index in [0.29, 0.717) is 18.7 Å². The molecule has 2 N–H and O–H groups in total. The molecule has 6 heteroatoms. The molecule has 1 aromatic heterocycles. The van der Waals surface area contributed by atoms with Gasteiger partial charge in [-0.25, -0.2) is 0 Å². The number of carbonyl (C=O) groups is 2. The number of aryl methyl sites for hydroxylation is 2. The van der Waals surface area contributed by atoms with E-state index >= 15 is 0 Å². The predicted molar refractivity (Wildman–Crippen MR) is 121 cm³/mol. The van der Waals surface area contributed by atoms with Crippen LogP contribution in [0.15, 0.2) is 71.7 Å². The Hall–Kier alpha value is -3.38. The SMILES string of the molecule is Cc1cccc(OCCNC(=O)/C(=C/c2cccs2)NC(=O)c2ccccc2C)c1. The average molecular weight is 421 g/mol. The van der Waals surface area contributed by atoms with Gasteiger partial charge >= 0.3 is 0 Å². The van der Waals surface area contributed by atoms with Crippen molar-refractivity contribution in [3.05, 3.63) is 93.3 Å². The van der Waals surface area contributed by atoms with Crippen molar-refractivity contribution >= 4 is 29.2 Å². The lowest BCUT2D eigenvalue weighted by Gasteiger charge is -2.12. The second-order valence-corrected chi connectivity index (χ2v) is 7.74. The molecular weight excluding hydrogens is 396 g/mol. The molecule has 0 unspecified atom stereocenters. The van der Waals surface area contributed by atoms with Crippen LogP contribution in [0.5, 0.6) is 5.75 Å². The van der Waals surface area contributed by atoms with Gasteiger partial charge in [0.05, 0.1) is 6.54 Å². The molecule has 30 heavy (non-hydrogen) atoms. The molecule has 0 bridgehead atoms. The summed E-state index contributed by atoms with van der Waals surface area (Å²) in [7, 11) is 0. The summed E-state index contributed by atoms with van der Waals surface area (Å²) in [4.78, 5) is 26.3. The van der Waals surface area contributed by atoms with E-state index in [1.54, 1.807) is 18.2 Å². The van der Waals surface area contributed by atoms with Gasteiger partial charge in [-0.2, -0.15) is 0 Å². The van der Waals surface area contributed by atoms with Gasteiger partial charge in [0.25, 0.3) is 11.8 Å². The first-order chi connectivity index (χ1) is 14.5. The smallest absolute Gasteiger partial charge is 0.267 e. The first-order valence-electron chi connectivity index (χ1n) is 9.63. The van der Waals surface area contributed by atoms with E-state index in [0.717, 1.165) is 21.8 Å². The molecular formula is C24H24N2O3S. The number of hydrogen-bond donors (Lipinski definition) is 2. The molecule has 0 radical (unpaired) electrons. The Morgan fingerprint density at radius 2 is 1.87 bits per heavy atom. The summed E-state index contributed by atoms with van der Waals surface area (Å²) in [6, 6.07) is 18.8. The van der Waals surface area contributed by atoms with E-state index in [1.807, 2.05) is 67.8 Å². The quantitative estimate of drug-likeness (QED) is 0.421. The van der Waals surface area contributed by atoms with Crippen molar-refractivity contribution < 1.29 is 14.3 Å².